The molecule has 1 aromatic heterocycles. The largest absolute Gasteiger partial charge is 0.384 e. The maximum absolute atomic E-state index is 7.68. The van der Waals surface area contributed by atoms with E-state index < -0.39 is 0 Å². The Bertz CT molecular complexity index is 490. The van der Waals surface area contributed by atoms with Crippen LogP contribution < -0.4 is 10.6 Å². The summed E-state index contributed by atoms with van der Waals surface area (Å²) in [7, 11) is 0. The van der Waals surface area contributed by atoms with Crippen LogP contribution in [0.1, 0.15) is 57.2 Å². The van der Waals surface area contributed by atoms with Gasteiger partial charge in [-0.3, -0.25) is 5.41 Å². The molecule has 1 aliphatic carbocycles. The van der Waals surface area contributed by atoms with E-state index >= 15 is 0 Å². The standard InChI is InChI=1S/C17H28N4/c1-12(2)8-9-21(15-6-4-5-7-15)16-11-14(17(18)19)10-13(3)20-16/h10-12,15H,4-9H2,1-3H3,(H3,18,19). The summed E-state index contributed by atoms with van der Waals surface area (Å²) in [5.41, 5.74) is 7.38. The number of nitrogens with two attached hydrogens (primary N) is 1. The first-order valence-electron chi connectivity index (χ1n) is 8.07. The Morgan fingerprint density at radius 2 is 2.05 bits per heavy atom. The lowest BCUT2D eigenvalue weighted by molar-refractivity contribution is 0.525. The van der Waals surface area contributed by atoms with E-state index in [-0.39, 0.29) is 5.84 Å². The fraction of sp³-hybridized carbons (Fsp3) is 0.647. The molecule has 0 radical (unpaired) electrons. The number of amidine groups is 1. The minimum atomic E-state index is 0.122. The van der Waals surface area contributed by atoms with Crippen LogP contribution in [0.25, 0.3) is 0 Å². The van der Waals surface area contributed by atoms with E-state index in [4.69, 9.17) is 16.1 Å². The first-order valence-corrected chi connectivity index (χ1v) is 8.07. The monoisotopic (exact) mass is 288 g/mol. The number of pyridine rings is 1. The first-order chi connectivity index (χ1) is 9.97. The maximum Gasteiger partial charge on any atom is 0.129 e. The highest BCUT2D eigenvalue weighted by atomic mass is 15.2. The minimum absolute atomic E-state index is 0.122. The van der Waals surface area contributed by atoms with Gasteiger partial charge in [0, 0.05) is 23.8 Å². The molecule has 2 rings (SSSR count). The average Bonchev–Trinajstić information content (AvgIpc) is 2.92. The van der Waals surface area contributed by atoms with Gasteiger partial charge in [0.2, 0.25) is 0 Å². The van der Waals surface area contributed by atoms with Gasteiger partial charge in [-0.2, -0.15) is 0 Å². The van der Waals surface area contributed by atoms with Crippen molar-refractivity contribution in [1.82, 2.24) is 4.98 Å². The number of aromatic nitrogens is 1. The van der Waals surface area contributed by atoms with Crippen LogP contribution in [0.5, 0.6) is 0 Å². The van der Waals surface area contributed by atoms with Crippen molar-refractivity contribution >= 4 is 11.7 Å². The van der Waals surface area contributed by atoms with Gasteiger partial charge in [-0.1, -0.05) is 26.7 Å². The summed E-state index contributed by atoms with van der Waals surface area (Å²) in [6, 6.07) is 4.47. The number of hydrogen-bond acceptors (Lipinski definition) is 3. The Labute approximate surface area is 128 Å². The summed E-state index contributed by atoms with van der Waals surface area (Å²) in [4.78, 5) is 7.16. The lowest BCUT2D eigenvalue weighted by atomic mass is 10.1. The Balaban J connectivity index is 2.28. The molecule has 1 heterocycles. The molecule has 0 spiro atoms. The van der Waals surface area contributed by atoms with Crippen molar-refractivity contribution in [3.63, 3.8) is 0 Å². The summed E-state index contributed by atoms with van der Waals surface area (Å²) in [5, 5.41) is 7.68. The third-order valence-electron chi connectivity index (χ3n) is 4.26. The maximum atomic E-state index is 7.68. The molecule has 1 saturated carbocycles. The molecule has 0 unspecified atom stereocenters. The van der Waals surface area contributed by atoms with E-state index in [9.17, 15) is 0 Å². The number of nitrogens with one attached hydrogen (secondary N) is 1. The lowest BCUT2D eigenvalue weighted by Crippen LogP contribution is -2.35. The number of anilines is 1. The smallest absolute Gasteiger partial charge is 0.129 e. The molecular formula is C17H28N4. The van der Waals surface area contributed by atoms with Crippen molar-refractivity contribution in [3.8, 4) is 0 Å². The van der Waals surface area contributed by atoms with Gasteiger partial charge < -0.3 is 10.6 Å². The summed E-state index contributed by atoms with van der Waals surface area (Å²) in [6.07, 6.45) is 6.30. The molecule has 116 valence electrons. The third-order valence-corrected chi connectivity index (χ3v) is 4.26. The van der Waals surface area contributed by atoms with Gasteiger partial charge in [0.15, 0.2) is 0 Å². The summed E-state index contributed by atoms with van der Waals surface area (Å²) in [6.45, 7) is 7.54. The summed E-state index contributed by atoms with van der Waals surface area (Å²) in [5.74, 6) is 1.80. The van der Waals surface area contributed by atoms with E-state index in [1.54, 1.807) is 0 Å². The van der Waals surface area contributed by atoms with Crippen LogP contribution >= 0.6 is 0 Å². The van der Waals surface area contributed by atoms with Crippen molar-refractivity contribution in [2.24, 2.45) is 11.7 Å². The van der Waals surface area contributed by atoms with Crippen molar-refractivity contribution in [1.29, 1.82) is 5.41 Å². The zero-order chi connectivity index (χ0) is 15.4. The molecule has 0 aromatic carbocycles. The quantitative estimate of drug-likeness (QED) is 0.622. The molecule has 0 saturated heterocycles. The Hall–Kier alpha value is -1.58. The van der Waals surface area contributed by atoms with Crippen LogP contribution in [-0.2, 0) is 0 Å². The second kappa shape index (κ2) is 6.92. The van der Waals surface area contributed by atoms with Gasteiger partial charge in [0.05, 0.1) is 0 Å². The molecule has 21 heavy (non-hydrogen) atoms. The van der Waals surface area contributed by atoms with Gasteiger partial charge in [-0.25, -0.2) is 4.98 Å². The Kier molecular flexibility index (Phi) is 5.21. The molecule has 1 aliphatic rings. The van der Waals surface area contributed by atoms with Crippen molar-refractivity contribution in [2.75, 3.05) is 11.4 Å². The molecule has 4 nitrogen and oxygen atoms in total. The van der Waals surface area contributed by atoms with Crippen LogP contribution in [0, 0.1) is 18.3 Å². The highest BCUT2D eigenvalue weighted by Gasteiger charge is 2.24. The second-order valence-corrected chi connectivity index (χ2v) is 6.58. The number of hydrogen-bond donors (Lipinski definition) is 2. The fourth-order valence-electron chi connectivity index (χ4n) is 3.05. The number of nitrogens with zero attached hydrogens (tertiary/aromatic N) is 2. The fourth-order valence-corrected chi connectivity index (χ4v) is 3.05. The SMILES string of the molecule is Cc1cc(C(=N)N)cc(N(CCC(C)C)C2CCCC2)n1. The number of aryl methyl sites for hydroxylation is 1. The first kappa shape index (κ1) is 15.8. The Morgan fingerprint density at radius 1 is 1.38 bits per heavy atom. The molecule has 4 heteroatoms. The zero-order valence-corrected chi connectivity index (χ0v) is 13.5. The molecule has 3 N–H and O–H groups in total. The van der Waals surface area contributed by atoms with Crippen molar-refractivity contribution < 1.29 is 0 Å². The molecule has 0 amide bonds. The normalized spacial score (nSPS) is 15.6. The number of nitrogen functional groups attached to an aromatic ring is 1. The lowest BCUT2D eigenvalue weighted by Gasteiger charge is -2.31. The Morgan fingerprint density at radius 3 is 2.62 bits per heavy atom. The van der Waals surface area contributed by atoms with Crippen LogP contribution in [0.3, 0.4) is 0 Å². The van der Waals surface area contributed by atoms with E-state index in [2.05, 4.69) is 18.7 Å². The molecule has 1 fully saturated rings. The molecule has 1 aromatic rings. The molecule has 0 aliphatic heterocycles. The minimum Gasteiger partial charge on any atom is -0.384 e. The second-order valence-electron chi connectivity index (χ2n) is 6.58. The van der Waals surface area contributed by atoms with Gasteiger partial charge in [-0.05, 0) is 44.2 Å². The highest BCUT2D eigenvalue weighted by Crippen LogP contribution is 2.28. The van der Waals surface area contributed by atoms with Gasteiger partial charge in [-0.15, -0.1) is 0 Å². The van der Waals surface area contributed by atoms with Gasteiger partial charge in [0.1, 0.15) is 11.7 Å². The van der Waals surface area contributed by atoms with Crippen LogP contribution in [0.4, 0.5) is 5.82 Å². The van der Waals surface area contributed by atoms with E-state index in [0.29, 0.717) is 12.0 Å². The summed E-state index contributed by atoms with van der Waals surface area (Å²) < 4.78 is 0. The molecular weight excluding hydrogens is 260 g/mol. The van der Waals surface area contributed by atoms with Crippen molar-refractivity contribution in [2.45, 2.75) is 58.9 Å². The summed E-state index contributed by atoms with van der Waals surface area (Å²) >= 11 is 0. The van der Waals surface area contributed by atoms with Crippen LogP contribution in [0.15, 0.2) is 12.1 Å². The highest BCUT2D eigenvalue weighted by molar-refractivity contribution is 5.95. The van der Waals surface area contributed by atoms with Gasteiger partial charge >= 0.3 is 0 Å². The van der Waals surface area contributed by atoms with Crippen LogP contribution in [0.2, 0.25) is 0 Å². The average molecular weight is 288 g/mol. The molecule has 0 atom stereocenters. The van der Waals surface area contributed by atoms with E-state index in [1.165, 1.54) is 32.1 Å². The molecule has 0 bridgehead atoms. The predicted octanol–water partition coefficient (Wildman–Crippen LogP) is 3.47. The van der Waals surface area contributed by atoms with Gasteiger partial charge in [0.25, 0.3) is 0 Å². The van der Waals surface area contributed by atoms with Crippen molar-refractivity contribution in [3.05, 3.63) is 23.4 Å². The topological polar surface area (TPSA) is 66.0 Å². The third kappa shape index (κ3) is 4.19. The van der Waals surface area contributed by atoms with Crippen LogP contribution in [-0.4, -0.2) is 23.4 Å². The van der Waals surface area contributed by atoms with E-state index in [1.807, 2.05) is 19.1 Å². The number of rotatable bonds is 6. The van der Waals surface area contributed by atoms with E-state index in [0.717, 1.165) is 23.6 Å². The predicted molar refractivity (Wildman–Crippen MR) is 89.0 cm³/mol. The zero-order valence-electron chi connectivity index (χ0n) is 13.5.